The minimum Gasteiger partial charge on any atom is -0.360 e. The molecule has 2 atom stereocenters. The fourth-order valence-electron chi connectivity index (χ4n) is 4.26. The van der Waals surface area contributed by atoms with Crippen LogP contribution in [0.3, 0.4) is 0 Å². The minimum atomic E-state index is -0.375. The molecule has 2 saturated heterocycles. The van der Waals surface area contributed by atoms with E-state index in [9.17, 15) is 14.9 Å². The predicted molar refractivity (Wildman–Crippen MR) is 100 cm³/mol. The molecule has 26 heavy (non-hydrogen) atoms. The number of hydrogen-bond donors (Lipinski definition) is 1. The highest BCUT2D eigenvalue weighted by Crippen LogP contribution is 2.22. The number of nitrogens with zero attached hydrogens (tertiary/aromatic N) is 3. The van der Waals surface area contributed by atoms with Crippen molar-refractivity contribution in [3.8, 4) is 0 Å². The van der Waals surface area contributed by atoms with Crippen molar-refractivity contribution in [1.82, 2.24) is 4.90 Å². The van der Waals surface area contributed by atoms with E-state index >= 15 is 0 Å². The molecule has 0 unspecified atom stereocenters. The molecule has 1 aromatic rings. The molecule has 0 saturated carbocycles. The smallest absolute Gasteiger partial charge is 0.278 e. The van der Waals surface area contributed by atoms with Crippen molar-refractivity contribution >= 4 is 17.3 Å². The number of nitrogens with one attached hydrogen (secondary N) is 1. The fourth-order valence-corrected chi connectivity index (χ4v) is 4.26. The van der Waals surface area contributed by atoms with Crippen LogP contribution in [-0.2, 0) is 4.79 Å². The lowest BCUT2D eigenvalue weighted by molar-refractivity contribution is -0.892. The minimum absolute atomic E-state index is 0.119. The average Bonchev–Trinajstić information content (AvgIpc) is 2.62. The summed E-state index contributed by atoms with van der Waals surface area (Å²) >= 11 is 0. The number of carbonyl (C=O) groups excluding carboxylic acids is 1. The highest BCUT2D eigenvalue weighted by Gasteiger charge is 2.32. The molecule has 142 valence electrons. The molecular weight excluding hydrogens is 332 g/mol. The van der Waals surface area contributed by atoms with Gasteiger partial charge in [-0.2, -0.15) is 0 Å². The SMILES string of the molecule is C[C@H]1CCC[C@H](C)N1C(=O)C[NH+]1CCN(c2ccc([N+](=O)[O-])cc2)CC1. The second-order valence-corrected chi connectivity index (χ2v) is 7.62. The normalized spacial score (nSPS) is 24.5. The van der Waals surface area contributed by atoms with Crippen molar-refractivity contribution in [3.05, 3.63) is 34.4 Å². The van der Waals surface area contributed by atoms with E-state index in [1.165, 1.54) is 11.3 Å². The van der Waals surface area contributed by atoms with Crippen molar-refractivity contribution < 1.29 is 14.6 Å². The number of likely N-dealkylation sites (tertiary alicyclic amines) is 1. The summed E-state index contributed by atoms with van der Waals surface area (Å²) in [4.78, 5) is 28.8. The lowest BCUT2D eigenvalue weighted by Gasteiger charge is -2.40. The molecule has 7 nitrogen and oxygen atoms in total. The van der Waals surface area contributed by atoms with Crippen LogP contribution >= 0.6 is 0 Å². The van der Waals surface area contributed by atoms with Gasteiger partial charge in [0, 0.05) is 29.9 Å². The summed E-state index contributed by atoms with van der Waals surface area (Å²) in [6, 6.07) is 7.43. The van der Waals surface area contributed by atoms with E-state index in [4.69, 9.17) is 0 Å². The number of hydrogen-bond acceptors (Lipinski definition) is 4. The Morgan fingerprint density at radius 2 is 1.73 bits per heavy atom. The van der Waals surface area contributed by atoms with E-state index in [0.29, 0.717) is 18.6 Å². The standard InChI is InChI=1S/C19H28N4O3/c1-15-4-3-5-16(2)22(15)19(24)14-20-10-12-21(13-11-20)17-6-8-18(9-7-17)23(25)26/h6-9,15-16H,3-5,10-14H2,1-2H3/p+1/t15-,16-/m0/s1. The molecule has 1 amide bonds. The third-order valence-electron chi connectivity index (χ3n) is 5.78. The van der Waals surface area contributed by atoms with Crippen LogP contribution in [0.5, 0.6) is 0 Å². The summed E-state index contributed by atoms with van der Waals surface area (Å²) in [5.74, 6) is 0.281. The number of anilines is 1. The Balaban J connectivity index is 1.52. The molecule has 2 fully saturated rings. The van der Waals surface area contributed by atoms with Gasteiger partial charge < -0.3 is 14.7 Å². The second-order valence-electron chi connectivity index (χ2n) is 7.62. The summed E-state index contributed by atoms with van der Waals surface area (Å²) in [6.45, 7) is 8.46. The van der Waals surface area contributed by atoms with Crippen LogP contribution in [0.25, 0.3) is 0 Å². The van der Waals surface area contributed by atoms with Gasteiger partial charge in [0.2, 0.25) is 0 Å². The van der Waals surface area contributed by atoms with Gasteiger partial charge >= 0.3 is 0 Å². The molecule has 1 aromatic carbocycles. The molecule has 7 heteroatoms. The lowest BCUT2D eigenvalue weighted by atomic mass is 9.97. The Kier molecular flexibility index (Phi) is 5.76. The van der Waals surface area contributed by atoms with Crippen LogP contribution in [0.1, 0.15) is 33.1 Å². The molecule has 2 aliphatic heterocycles. The van der Waals surface area contributed by atoms with Gasteiger partial charge in [-0.05, 0) is 45.2 Å². The third-order valence-corrected chi connectivity index (χ3v) is 5.78. The van der Waals surface area contributed by atoms with Crippen molar-refractivity contribution in [1.29, 1.82) is 0 Å². The Bertz CT molecular complexity index is 631. The van der Waals surface area contributed by atoms with E-state index in [-0.39, 0.29) is 16.5 Å². The van der Waals surface area contributed by atoms with Crippen LogP contribution in [0, 0.1) is 10.1 Å². The Morgan fingerprint density at radius 1 is 1.15 bits per heavy atom. The first-order valence-electron chi connectivity index (χ1n) is 9.60. The van der Waals surface area contributed by atoms with Gasteiger partial charge in [-0.15, -0.1) is 0 Å². The molecular formula is C19H29N4O3+. The number of nitro groups is 1. The first kappa shape index (κ1) is 18.6. The summed E-state index contributed by atoms with van der Waals surface area (Å²) in [7, 11) is 0. The average molecular weight is 361 g/mol. The van der Waals surface area contributed by atoms with Gasteiger partial charge in [-0.3, -0.25) is 14.9 Å². The summed E-state index contributed by atoms with van der Waals surface area (Å²) in [6.07, 6.45) is 3.44. The summed E-state index contributed by atoms with van der Waals surface area (Å²) in [5, 5.41) is 10.8. The highest BCUT2D eigenvalue weighted by atomic mass is 16.6. The first-order chi connectivity index (χ1) is 12.5. The van der Waals surface area contributed by atoms with Crippen LogP contribution in [-0.4, -0.2) is 60.5 Å². The summed E-state index contributed by atoms with van der Waals surface area (Å²) in [5.41, 5.74) is 1.13. The van der Waals surface area contributed by atoms with Crippen molar-refractivity contribution in [2.45, 2.75) is 45.2 Å². The van der Waals surface area contributed by atoms with Gasteiger partial charge in [0.05, 0.1) is 31.1 Å². The number of quaternary nitrogens is 1. The number of amides is 1. The number of non-ortho nitro benzene ring substituents is 1. The number of carbonyl (C=O) groups is 1. The molecule has 3 rings (SSSR count). The third kappa shape index (κ3) is 4.15. The zero-order chi connectivity index (χ0) is 18.7. The maximum Gasteiger partial charge on any atom is 0.278 e. The van der Waals surface area contributed by atoms with E-state index in [1.54, 1.807) is 12.1 Å². The molecule has 0 spiro atoms. The topological polar surface area (TPSA) is 71.1 Å². The molecule has 0 aromatic heterocycles. The largest absolute Gasteiger partial charge is 0.360 e. The van der Waals surface area contributed by atoms with Crippen molar-refractivity contribution in [2.24, 2.45) is 0 Å². The van der Waals surface area contributed by atoms with Gasteiger partial charge in [0.25, 0.3) is 11.6 Å². The predicted octanol–water partition coefficient (Wildman–Crippen LogP) is 1.09. The second kappa shape index (κ2) is 8.03. The molecule has 0 radical (unpaired) electrons. The maximum absolute atomic E-state index is 12.8. The van der Waals surface area contributed by atoms with Crippen molar-refractivity contribution in [2.75, 3.05) is 37.6 Å². The van der Waals surface area contributed by atoms with Crippen LogP contribution in [0.15, 0.2) is 24.3 Å². The maximum atomic E-state index is 12.8. The van der Waals surface area contributed by atoms with E-state index in [0.717, 1.165) is 44.7 Å². The molecule has 2 aliphatic rings. The van der Waals surface area contributed by atoms with E-state index < -0.39 is 0 Å². The zero-order valence-corrected chi connectivity index (χ0v) is 15.7. The highest BCUT2D eigenvalue weighted by molar-refractivity contribution is 5.77. The van der Waals surface area contributed by atoms with Crippen molar-refractivity contribution in [3.63, 3.8) is 0 Å². The number of rotatable bonds is 4. The van der Waals surface area contributed by atoms with Gasteiger partial charge in [0.1, 0.15) is 0 Å². The monoisotopic (exact) mass is 361 g/mol. The Labute approximate surface area is 154 Å². The molecule has 0 aliphatic carbocycles. The zero-order valence-electron chi connectivity index (χ0n) is 15.7. The molecule has 1 N–H and O–H groups in total. The molecule has 0 bridgehead atoms. The quantitative estimate of drug-likeness (QED) is 0.644. The van der Waals surface area contributed by atoms with Gasteiger partial charge in [-0.25, -0.2) is 0 Å². The van der Waals surface area contributed by atoms with E-state index in [1.807, 2.05) is 12.1 Å². The number of nitro benzene ring substituents is 1. The van der Waals surface area contributed by atoms with Crippen LogP contribution < -0.4 is 9.80 Å². The Morgan fingerprint density at radius 3 is 2.27 bits per heavy atom. The van der Waals surface area contributed by atoms with Crippen LogP contribution in [0.4, 0.5) is 11.4 Å². The molecule has 2 heterocycles. The van der Waals surface area contributed by atoms with Gasteiger partial charge in [-0.1, -0.05) is 0 Å². The number of piperidine rings is 1. The Hall–Kier alpha value is -2.15. The van der Waals surface area contributed by atoms with E-state index in [2.05, 4.69) is 23.6 Å². The number of piperazine rings is 1. The van der Waals surface area contributed by atoms with Gasteiger partial charge in [0.15, 0.2) is 6.54 Å². The lowest BCUT2D eigenvalue weighted by Crippen LogP contribution is -3.16. The number of benzene rings is 1. The van der Waals surface area contributed by atoms with Crippen LogP contribution in [0.2, 0.25) is 0 Å². The fraction of sp³-hybridized carbons (Fsp3) is 0.632. The summed E-state index contributed by atoms with van der Waals surface area (Å²) < 4.78 is 0. The first-order valence-corrected chi connectivity index (χ1v) is 9.60.